The lowest BCUT2D eigenvalue weighted by Gasteiger charge is -2.17. The van der Waals surface area contributed by atoms with Gasteiger partial charge >= 0.3 is 0 Å². The molecule has 0 saturated heterocycles. The molecule has 1 unspecified atom stereocenters. The van der Waals surface area contributed by atoms with E-state index in [2.05, 4.69) is 116 Å². The fraction of sp³-hybridized carbons (Fsp3) is 0.500. The number of alkyl halides is 1. The zero-order valence-electron chi connectivity index (χ0n) is 16.5. The maximum Gasteiger partial charge on any atom is 0.0226 e. The van der Waals surface area contributed by atoms with Gasteiger partial charge in [0.1, 0.15) is 0 Å². The molecule has 0 spiro atoms. The van der Waals surface area contributed by atoms with Crippen molar-refractivity contribution in [3.8, 4) is 0 Å². The Bertz CT molecular complexity index is 458. The van der Waals surface area contributed by atoms with E-state index in [0.717, 1.165) is 44.9 Å². The lowest BCUT2D eigenvalue weighted by atomic mass is 10.0. The Balaban J connectivity index is 3.61. The molecule has 0 fully saturated rings. The molecule has 0 rings (SSSR count). The van der Waals surface area contributed by atoms with Crippen LogP contribution in [0.15, 0.2) is 72.9 Å². The highest BCUT2D eigenvalue weighted by atomic mass is 127. The molecule has 0 saturated carbocycles. The van der Waals surface area contributed by atoms with Gasteiger partial charge < -0.3 is 0 Å². The SMILES string of the molecule is CC/C=C\C/C=C\C/C=C\C/C=C\C/C=C\C/C=C\CC(C)(I)CC. The second kappa shape index (κ2) is 18.0. The van der Waals surface area contributed by atoms with Gasteiger partial charge in [-0.05, 0) is 51.4 Å². The third-order valence-electron chi connectivity index (χ3n) is 3.88. The minimum absolute atomic E-state index is 0.413. The molecule has 1 heteroatoms. The molecule has 1 atom stereocenters. The molecule has 25 heavy (non-hydrogen) atoms. The average molecular weight is 452 g/mol. The molecule has 0 amide bonds. The van der Waals surface area contributed by atoms with Crippen LogP contribution in [0.2, 0.25) is 0 Å². The Labute approximate surface area is 170 Å². The Morgan fingerprint density at radius 1 is 0.560 bits per heavy atom. The monoisotopic (exact) mass is 452 g/mol. The molecular formula is C24H37I. The summed E-state index contributed by atoms with van der Waals surface area (Å²) in [6.07, 6.45) is 35.7. The van der Waals surface area contributed by atoms with E-state index < -0.39 is 0 Å². The third-order valence-corrected chi connectivity index (χ3v) is 5.08. The average Bonchev–Trinajstić information content (AvgIpc) is 2.60. The molecule has 0 aliphatic rings. The summed E-state index contributed by atoms with van der Waals surface area (Å²) in [5.41, 5.74) is 0. The number of rotatable bonds is 14. The number of halogens is 1. The Kier molecular flexibility index (Phi) is 17.4. The number of allylic oxidation sites excluding steroid dienone is 12. The van der Waals surface area contributed by atoms with Crippen LogP contribution in [0.1, 0.15) is 72.1 Å². The van der Waals surface area contributed by atoms with Crippen LogP contribution >= 0.6 is 22.6 Å². The van der Waals surface area contributed by atoms with Crippen LogP contribution in [0.3, 0.4) is 0 Å². The fourth-order valence-electron chi connectivity index (χ4n) is 2.00. The highest BCUT2D eigenvalue weighted by Crippen LogP contribution is 2.26. The van der Waals surface area contributed by atoms with E-state index in [0.29, 0.717) is 3.42 Å². The first-order valence-electron chi connectivity index (χ1n) is 9.71. The summed E-state index contributed by atoms with van der Waals surface area (Å²) in [6.45, 7) is 6.73. The van der Waals surface area contributed by atoms with Crippen LogP contribution < -0.4 is 0 Å². The maximum atomic E-state index is 2.55. The van der Waals surface area contributed by atoms with Gasteiger partial charge in [-0.25, -0.2) is 0 Å². The van der Waals surface area contributed by atoms with Crippen LogP contribution in [0.4, 0.5) is 0 Å². The lowest BCUT2D eigenvalue weighted by molar-refractivity contribution is 0.661. The first-order chi connectivity index (χ1) is 12.1. The van der Waals surface area contributed by atoms with Crippen LogP contribution in [0.25, 0.3) is 0 Å². The van der Waals surface area contributed by atoms with Crippen molar-refractivity contribution in [1.82, 2.24) is 0 Å². The number of hydrogen-bond donors (Lipinski definition) is 0. The van der Waals surface area contributed by atoms with Crippen LogP contribution in [-0.4, -0.2) is 3.42 Å². The highest BCUT2D eigenvalue weighted by Gasteiger charge is 2.13. The van der Waals surface area contributed by atoms with Crippen molar-refractivity contribution < 1.29 is 0 Å². The minimum Gasteiger partial charge on any atom is -0.0885 e. The van der Waals surface area contributed by atoms with E-state index in [9.17, 15) is 0 Å². The van der Waals surface area contributed by atoms with Gasteiger partial charge in [-0.3, -0.25) is 0 Å². The summed E-state index contributed by atoms with van der Waals surface area (Å²) < 4.78 is 0.413. The predicted molar refractivity (Wildman–Crippen MR) is 126 cm³/mol. The van der Waals surface area contributed by atoms with Crippen LogP contribution in [-0.2, 0) is 0 Å². The molecule has 0 bridgehead atoms. The lowest BCUT2D eigenvalue weighted by Crippen LogP contribution is -2.11. The van der Waals surface area contributed by atoms with Crippen molar-refractivity contribution in [2.24, 2.45) is 0 Å². The van der Waals surface area contributed by atoms with Gasteiger partial charge in [0.15, 0.2) is 0 Å². The van der Waals surface area contributed by atoms with Crippen molar-refractivity contribution >= 4 is 22.6 Å². The maximum absolute atomic E-state index is 2.55. The summed E-state index contributed by atoms with van der Waals surface area (Å²) >= 11 is 2.55. The van der Waals surface area contributed by atoms with Gasteiger partial charge in [0.25, 0.3) is 0 Å². The first kappa shape index (κ1) is 24.2. The second-order valence-electron chi connectivity index (χ2n) is 6.39. The molecule has 0 aliphatic heterocycles. The molecule has 0 heterocycles. The normalized spacial score (nSPS) is 15.8. The topological polar surface area (TPSA) is 0 Å². The van der Waals surface area contributed by atoms with E-state index in [1.807, 2.05) is 0 Å². The second-order valence-corrected chi connectivity index (χ2v) is 8.99. The molecule has 0 aromatic carbocycles. The first-order valence-corrected chi connectivity index (χ1v) is 10.8. The molecule has 0 aliphatic carbocycles. The quantitative estimate of drug-likeness (QED) is 0.140. The van der Waals surface area contributed by atoms with E-state index >= 15 is 0 Å². The summed E-state index contributed by atoms with van der Waals surface area (Å²) in [7, 11) is 0. The van der Waals surface area contributed by atoms with Gasteiger partial charge in [0.05, 0.1) is 0 Å². The van der Waals surface area contributed by atoms with Crippen molar-refractivity contribution in [2.45, 2.75) is 75.6 Å². The van der Waals surface area contributed by atoms with Gasteiger partial charge in [-0.2, -0.15) is 0 Å². The number of hydrogen-bond acceptors (Lipinski definition) is 0. The Morgan fingerprint density at radius 3 is 1.20 bits per heavy atom. The van der Waals surface area contributed by atoms with E-state index in [1.165, 1.54) is 6.42 Å². The Hall–Kier alpha value is -0.830. The van der Waals surface area contributed by atoms with Crippen molar-refractivity contribution in [2.75, 3.05) is 0 Å². The molecule has 0 radical (unpaired) electrons. The highest BCUT2D eigenvalue weighted by molar-refractivity contribution is 14.1. The summed E-state index contributed by atoms with van der Waals surface area (Å²) in [6, 6.07) is 0. The molecular weight excluding hydrogens is 415 g/mol. The van der Waals surface area contributed by atoms with Gasteiger partial charge in [-0.15, -0.1) is 0 Å². The van der Waals surface area contributed by atoms with Gasteiger partial charge in [0.2, 0.25) is 0 Å². The largest absolute Gasteiger partial charge is 0.0885 e. The predicted octanol–water partition coefficient (Wildman–Crippen LogP) is 8.68. The van der Waals surface area contributed by atoms with Gasteiger partial charge in [0, 0.05) is 3.42 Å². The van der Waals surface area contributed by atoms with E-state index in [4.69, 9.17) is 0 Å². The third kappa shape index (κ3) is 19.3. The minimum atomic E-state index is 0.413. The van der Waals surface area contributed by atoms with E-state index in [1.54, 1.807) is 0 Å². The fourth-order valence-corrected chi connectivity index (χ4v) is 2.25. The molecule has 0 nitrogen and oxygen atoms in total. The zero-order chi connectivity index (χ0) is 18.6. The summed E-state index contributed by atoms with van der Waals surface area (Å²) in [5, 5.41) is 0. The zero-order valence-corrected chi connectivity index (χ0v) is 18.6. The Morgan fingerprint density at radius 2 is 0.880 bits per heavy atom. The van der Waals surface area contributed by atoms with Gasteiger partial charge in [-0.1, -0.05) is 116 Å². The van der Waals surface area contributed by atoms with Crippen molar-refractivity contribution in [3.05, 3.63) is 72.9 Å². The van der Waals surface area contributed by atoms with Crippen LogP contribution in [0, 0.1) is 0 Å². The smallest absolute Gasteiger partial charge is 0.0226 e. The molecule has 0 aromatic rings. The molecule has 0 N–H and O–H groups in total. The molecule has 0 aromatic heterocycles. The van der Waals surface area contributed by atoms with Crippen molar-refractivity contribution in [3.63, 3.8) is 0 Å². The summed E-state index contributed by atoms with van der Waals surface area (Å²) in [4.78, 5) is 0. The summed E-state index contributed by atoms with van der Waals surface area (Å²) in [5.74, 6) is 0. The van der Waals surface area contributed by atoms with Crippen molar-refractivity contribution in [1.29, 1.82) is 0 Å². The molecule has 140 valence electrons. The van der Waals surface area contributed by atoms with Crippen LogP contribution in [0.5, 0.6) is 0 Å². The standard InChI is InChI=1S/C24H37I/c1-4-6-7-8-9-10-11-12-13-14-15-16-17-18-19-20-21-22-23-24(3,25)5-2/h6-7,9-10,12-13,15-16,18-19,21-22H,4-5,8,11,14,17,20,23H2,1-3H3/b7-6-,10-9-,13-12-,16-15-,19-18-,22-21-. The van der Waals surface area contributed by atoms with E-state index in [-0.39, 0.29) is 0 Å².